The maximum absolute atomic E-state index is 11.6. The molecule has 1 aliphatic rings. The first-order chi connectivity index (χ1) is 6.68. The molecule has 5 heteroatoms. The standard InChI is InChI=1S/C9H11O4P/c10-14(11,13-7-8-6-12-8)9-4-2-1-3-5-9/h1-5,8H,6-7H2,(H,10,11). The maximum atomic E-state index is 11.6. The van der Waals surface area contributed by atoms with Crippen molar-refractivity contribution in [3.05, 3.63) is 30.3 Å². The van der Waals surface area contributed by atoms with Gasteiger partial charge in [0.15, 0.2) is 0 Å². The van der Waals surface area contributed by atoms with Crippen molar-refractivity contribution in [2.75, 3.05) is 13.2 Å². The average molecular weight is 214 g/mol. The summed E-state index contributed by atoms with van der Waals surface area (Å²) in [5.74, 6) is 0. The molecule has 0 bridgehead atoms. The van der Waals surface area contributed by atoms with Gasteiger partial charge in [-0.05, 0) is 12.1 Å². The van der Waals surface area contributed by atoms with Crippen molar-refractivity contribution in [1.82, 2.24) is 0 Å². The normalized spacial score (nSPS) is 24.2. The molecule has 2 unspecified atom stereocenters. The smallest absolute Gasteiger partial charge is 0.358 e. The number of benzene rings is 1. The quantitative estimate of drug-likeness (QED) is 0.597. The largest absolute Gasteiger partial charge is 0.371 e. The van der Waals surface area contributed by atoms with E-state index in [0.717, 1.165) is 0 Å². The van der Waals surface area contributed by atoms with Gasteiger partial charge < -0.3 is 14.2 Å². The lowest BCUT2D eigenvalue weighted by Crippen LogP contribution is -2.09. The highest BCUT2D eigenvalue weighted by atomic mass is 31.2. The van der Waals surface area contributed by atoms with Crippen LogP contribution in [0.2, 0.25) is 0 Å². The predicted octanol–water partition coefficient (Wildman–Crippen LogP) is 0.913. The molecule has 1 N–H and O–H groups in total. The van der Waals surface area contributed by atoms with Crippen molar-refractivity contribution in [1.29, 1.82) is 0 Å². The van der Waals surface area contributed by atoms with Gasteiger partial charge in [0.05, 0.1) is 18.5 Å². The van der Waals surface area contributed by atoms with Crippen LogP contribution < -0.4 is 5.30 Å². The lowest BCUT2D eigenvalue weighted by atomic mass is 10.4. The molecule has 76 valence electrons. The molecular formula is C9H11O4P. The van der Waals surface area contributed by atoms with E-state index in [2.05, 4.69) is 0 Å². The first kappa shape index (κ1) is 9.87. The van der Waals surface area contributed by atoms with Gasteiger partial charge in [-0.2, -0.15) is 0 Å². The number of epoxide rings is 1. The third-order valence-corrected chi connectivity index (χ3v) is 3.37. The molecule has 1 fully saturated rings. The summed E-state index contributed by atoms with van der Waals surface area (Å²) in [4.78, 5) is 9.54. The highest BCUT2D eigenvalue weighted by Gasteiger charge is 2.29. The van der Waals surface area contributed by atoms with Crippen LogP contribution in [0.5, 0.6) is 0 Å². The van der Waals surface area contributed by atoms with Gasteiger partial charge in [-0.3, -0.25) is 4.57 Å². The fraction of sp³-hybridized carbons (Fsp3) is 0.333. The molecule has 0 aliphatic carbocycles. The molecule has 1 saturated heterocycles. The third-order valence-electron chi connectivity index (χ3n) is 1.92. The Bertz CT molecular complexity index is 347. The molecule has 2 rings (SSSR count). The van der Waals surface area contributed by atoms with Gasteiger partial charge in [0, 0.05) is 0 Å². The van der Waals surface area contributed by atoms with Crippen molar-refractivity contribution in [3.63, 3.8) is 0 Å². The monoisotopic (exact) mass is 214 g/mol. The zero-order chi connectivity index (χ0) is 10.0. The second-order valence-corrected chi connectivity index (χ2v) is 4.92. The highest BCUT2D eigenvalue weighted by Crippen LogP contribution is 2.41. The van der Waals surface area contributed by atoms with Gasteiger partial charge in [-0.25, -0.2) is 0 Å². The Labute approximate surface area is 82.0 Å². The van der Waals surface area contributed by atoms with Gasteiger partial charge in [-0.15, -0.1) is 0 Å². The van der Waals surface area contributed by atoms with Crippen LogP contribution >= 0.6 is 7.60 Å². The van der Waals surface area contributed by atoms with Crippen LogP contribution in [0.3, 0.4) is 0 Å². The first-order valence-electron chi connectivity index (χ1n) is 4.33. The van der Waals surface area contributed by atoms with Crippen LogP contribution in [-0.2, 0) is 13.8 Å². The zero-order valence-corrected chi connectivity index (χ0v) is 8.39. The third kappa shape index (κ3) is 2.42. The lowest BCUT2D eigenvalue weighted by molar-refractivity contribution is 0.235. The Morgan fingerprint density at radius 1 is 1.50 bits per heavy atom. The summed E-state index contributed by atoms with van der Waals surface area (Å²) in [6.07, 6.45) is -0.000753. The molecular weight excluding hydrogens is 203 g/mol. The van der Waals surface area contributed by atoms with Crippen molar-refractivity contribution in [2.24, 2.45) is 0 Å². The van der Waals surface area contributed by atoms with Crippen molar-refractivity contribution in [3.8, 4) is 0 Å². The molecule has 14 heavy (non-hydrogen) atoms. The van der Waals surface area contributed by atoms with Crippen LogP contribution in [0.4, 0.5) is 0 Å². The number of rotatable bonds is 4. The molecule has 0 spiro atoms. The van der Waals surface area contributed by atoms with Gasteiger partial charge >= 0.3 is 7.60 Å². The van der Waals surface area contributed by atoms with E-state index in [9.17, 15) is 9.46 Å². The van der Waals surface area contributed by atoms with E-state index in [1.807, 2.05) is 0 Å². The van der Waals surface area contributed by atoms with Gasteiger partial charge in [0.2, 0.25) is 0 Å². The Morgan fingerprint density at radius 2 is 2.14 bits per heavy atom. The molecule has 2 atom stereocenters. The summed E-state index contributed by atoms with van der Waals surface area (Å²) in [6, 6.07) is 8.35. The second kappa shape index (κ2) is 3.83. The van der Waals surface area contributed by atoms with E-state index >= 15 is 0 Å². The summed E-state index contributed by atoms with van der Waals surface area (Å²) in [5, 5.41) is 0.320. The molecule has 0 amide bonds. The summed E-state index contributed by atoms with van der Waals surface area (Å²) < 4.78 is 21.4. The van der Waals surface area contributed by atoms with E-state index in [4.69, 9.17) is 9.26 Å². The lowest BCUT2D eigenvalue weighted by Gasteiger charge is -2.10. The van der Waals surface area contributed by atoms with Crippen LogP contribution in [0.15, 0.2) is 30.3 Å². The molecule has 1 aliphatic heterocycles. The summed E-state index contributed by atoms with van der Waals surface area (Å²) >= 11 is 0. The maximum Gasteiger partial charge on any atom is 0.358 e. The minimum Gasteiger partial charge on any atom is -0.371 e. The van der Waals surface area contributed by atoms with Crippen molar-refractivity contribution in [2.45, 2.75) is 6.10 Å². The Hall–Kier alpha value is -0.670. The van der Waals surface area contributed by atoms with Crippen LogP contribution in [0, 0.1) is 0 Å². The number of hydrogen-bond donors (Lipinski definition) is 1. The fourth-order valence-corrected chi connectivity index (χ4v) is 2.11. The molecule has 1 aromatic carbocycles. The van der Waals surface area contributed by atoms with Gasteiger partial charge in [0.1, 0.15) is 6.10 Å². The molecule has 0 radical (unpaired) electrons. The SMILES string of the molecule is O=P(O)(OCC1CO1)c1ccccc1. The van der Waals surface area contributed by atoms with Gasteiger partial charge in [0.25, 0.3) is 0 Å². The first-order valence-corrected chi connectivity index (χ1v) is 5.91. The second-order valence-electron chi connectivity index (χ2n) is 3.11. The molecule has 0 saturated carbocycles. The molecule has 1 heterocycles. The van der Waals surface area contributed by atoms with Gasteiger partial charge in [-0.1, -0.05) is 18.2 Å². The van der Waals surface area contributed by atoms with E-state index < -0.39 is 7.60 Å². The van der Waals surface area contributed by atoms with Crippen LogP contribution in [0.25, 0.3) is 0 Å². The fourth-order valence-electron chi connectivity index (χ4n) is 1.04. The van der Waals surface area contributed by atoms with E-state index in [1.165, 1.54) is 0 Å². The topological polar surface area (TPSA) is 59.1 Å². The van der Waals surface area contributed by atoms with E-state index in [1.54, 1.807) is 30.3 Å². The minimum atomic E-state index is -3.64. The van der Waals surface area contributed by atoms with E-state index in [-0.39, 0.29) is 12.7 Å². The number of hydrogen-bond acceptors (Lipinski definition) is 3. The summed E-state index contributed by atoms with van der Waals surface area (Å²) in [6.45, 7) is 0.803. The van der Waals surface area contributed by atoms with Crippen LogP contribution in [-0.4, -0.2) is 24.2 Å². The number of ether oxygens (including phenoxy) is 1. The average Bonchev–Trinajstić information content (AvgIpc) is 3.00. The summed E-state index contributed by atoms with van der Waals surface area (Å²) in [5.41, 5.74) is 0. The Morgan fingerprint density at radius 3 is 2.71 bits per heavy atom. The predicted molar refractivity (Wildman–Crippen MR) is 51.6 cm³/mol. The van der Waals surface area contributed by atoms with E-state index in [0.29, 0.717) is 11.9 Å². The summed E-state index contributed by atoms with van der Waals surface area (Å²) in [7, 11) is -3.64. The van der Waals surface area contributed by atoms with Crippen LogP contribution in [0.1, 0.15) is 0 Å². The van der Waals surface area contributed by atoms with Crippen molar-refractivity contribution < 1.29 is 18.7 Å². The molecule has 4 nitrogen and oxygen atoms in total. The van der Waals surface area contributed by atoms with Crippen molar-refractivity contribution >= 4 is 12.9 Å². The highest BCUT2D eigenvalue weighted by molar-refractivity contribution is 7.61. The minimum absolute atomic E-state index is 0.000753. The Balaban J connectivity index is 2.03. The molecule has 1 aromatic rings. The molecule has 0 aromatic heterocycles. The zero-order valence-electron chi connectivity index (χ0n) is 7.50. The Kier molecular flexibility index (Phi) is 2.70.